The normalized spacial score (nSPS) is 21.7. The number of nitrogens with two attached hydrogens (primary N) is 1. The number of likely N-dealkylation sites (tertiary alicyclic amines) is 1. The lowest BCUT2D eigenvalue weighted by Gasteiger charge is -2.28. The van der Waals surface area contributed by atoms with Gasteiger partial charge in [0, 0.05) is 18.4 Å². The van der Waals surface area contributed by atoms with E-state index in [0.717, 1.165) is 24.9 Å². The molecule has 0 bridgehead atoms. The summed E-state index contributed by atoms with van der Waals surface area (Å²) in [6.45, 7) is 0.897. The molecule has 1 unspecified atom stereocenters. The Morgan fingerprint density at radius 3 is 2.65 bits per heavy atom. The maximum Gasteiger partial charge on any atom is 0.319 e. The second-order valence-corrected chi connectivity index (χ2v) is 6.71. The van der Waals surface area contributed by atoms with Crippen molar-refractivity contribution in [1.29, 1.82) is 0 Å². The van der Waals surface area contributed by atoms with Gasteiger partial charge >= 0.3 is 6.03 Å². The predicted molar refractivity (Wildman–Crippen MR) is 89.0 cm³/mol. The standard InChI is InChI=1S/C17H19N3O2S/c18-17(22)19-16(21)15(12-6-2-1-3-7-12)20-10-4-8-13(20)14-9-5-11-23-14/h1-3,5-7,9,11,13,15H,4,8,10H2,(H3,18,19,21,22)/p+1/t13-,15+/m1/s1. The number of carbonyl (C=O) groups is 2. The summed E-state index contributed by atoms with van der Waals surface area (Å²) in [7, 11) is 0. The molecule has 4 N–H and O–H groups in total. The summed E-state index contributed by atoms with van der Waals surface area (Å²) < 4.78 is 0. The van der Waals surface area contributed by atoms with Gasteiger partial charge in [0.25, 0.3) is 5.91 Å². The predicted octanol–water partition coefficient (Wildman–Crippen LogP) is 1.40. The molecule has 2 heterocycles. The number of urea groups is 1. The highest BCUT2D eigenvalue weighted by molar-refractivity contribution is 7.10. The van der Waals surface area contributed by atoms with Gasteiger partial charge in [0.2, 0.25) is 0 Å². The second kappa shape index (κ2) is 6.93. The number of carbonyl (C=O) groups excluding carboxylic acids is 2. The van der Waals surface area contributed by atoms with Crippen LogP contribution < -0.4 is 16.0 Å². The first-order chi connectivity index (χ1) is 11.2. The van der Waals surface area contributed by atoms with E-state index in [1.807, 2.05) is 36.4 Å². The van der Waals surface area contributed by atoms with Crippen molar-refractivity contribution in [3.63, 3.8) is 0 Å². The van der Waals surface area contributed by atoms with Gasteiger partial charge in [0.15, 0.2) is 6.04 Å². The van der Waals surface area contributed by atoms with Crippen molar-refractivity contribution in [1.82, 2.24) is 5.32 Å². The summed E-state index contributed by atoms with van der Waals surface area (Å²) in [4.78, 5) is 26.2. The van der Waals surface area contributed by atoms with Gasteiger partial charge in [0.1, 0.15) is 6.04 Å². The minimum atomic E-state index is -0.804. The van der Waals surface area contributed by atoms with Crippen molar-refractivity contribution >= 4 is 23.3 Å². The molecule has 0 saturated carbocycles. The molecule has 3 rings (SSSR count). The fourth-order valence-electron chi connectivity index (χ4n) is 3.40. The molecule has 1 aromatic heterocycles. The summed E-state index contributed by atoms with van der Waals surface area (Å²) in [5.74, 6) is -0.331. The van der Waals surface area contributed by atoms with Crippen molar-refractivity contribution < 1.29 is 14.5 Å². The minimum Gasteiger partial charge on any atom is -0.351 e. The summed E-state index contributed by atoms with van der Waals surface area (Å²) >= 11 is 1.72. The third kappa shape index (κ3) is 3.43. The van der Waals surface area contributed by atoms with Gasteiger partial charge in [-0.1, -0.05) is 36.4 Å². The van der Waals surface area contributed by atoms with E-state index in [2.05, 4.69) is 16.8 Å². The molecule has 1 aromatic carbocycles. The number of primary amides is 1. The zero-order chi connectivity index (χ0) is 16.2. The topological polar surface area (TPSA) is 76.6 Å². The van der Waals surface area contributed by atoms with E-state index < -0.39 is 12.1 Å². The van der Waals surface area contributed by atoms with Crippen LogP contribution in [0.1, 0.15) is 35.4 Å². The van der Waals surface area contributed by atoms with Gasteiger partial charge in [-0.2, -0.15) is 0 Å². The molecule has 0 spiro atoms. The molecule has 6 heteroatoms. The maximum atomic E-state index is 12.6. The SMILES string of the molecule is NC(=O)NC(=O)[C@H](c1ccccc1)[NH+]1CCC[C@@H]1c1cccs1. The lowest BCUT2D eigenvalue weighted by Crippen LogP contribution is -3.11. The highest BCUT2D eigenvalue weighted by Crippen LogP contribution is 2.26. The van der Waals surface area contributed by atoms with Gasteiger partial charge in [-0.15, -0.1) is 11.3 Å². The van der Waals surface area contributed by atoms with Gasteiger partial charge in [-0.25, -0.2) is 4.79 Å². The van der Waals surface area contributed by atoms with E-state index in [1.165, 1.54) is 9.78 Å². The number of rotatable bonds is 4. The molecule has 0 radical (unpaired) electrons. The quantitative estimate of drug-likeness (QED) is 0.793. The Morgan fingerprint density at radius 1 is 1.22 bits per heavy atom. The summed E-state index contributed by atoms with van der Waals surface area (Å²) in [6.07, 6.45) is 2.11. The summed E-state index contributed by atoms with van der Waals surface area (Å²) in [5.41, 5.74) is 6.07. The molecule has 2 aromatic rings. The summed E-state index contributed by atoms with van der Waals surface area (Å²) in [6, 6.07) is 12.8. The van der Waals surface area contributed by atoms with Crippen molar-refractivity contribution in [3.05, 3.63) is 58.3 Å². The number of nitrogens with one attached hydrogen (secondary N) is 2. The minimum absolute atomic E-state index is 0.277. The highest BCUT2D eigenvalue weighted by Gasteiger charge is 2.41. The molecule has 1 fully saturated rings. The number of quaternary nitrogens is 1. The van der Waals surface area contributed by atoms with Crippen LogP contribution in [0.2, 0.25) is 0 Å². The van der Waals surface area contributed by atoms with Crippen molar-refractivity contribution in [2.75, 3.05) is 6.54 Å². The zero-order valence-corrected chi connectivity index (χ0v) is 13.5. The van der Waals surface area contributed by atoms with E-state index in [1.54, 1.807) is 11.3 Å². The van der Waals surface area contributed by atoms with E-state index >= 15 is 0 Å². The molecule has 3 atom stereocenters. The molecular weight excluding hydrogens is 310 g/mol. The molecular formula is C17H20N3O2S+. The third-order valence-electron chi connectivity index (χ3n) is 4.30. The molecule has 23 heavy (non-hydrogen) atoms. The first kappa shape index (κ1) is 15.7. The lowest BCUT2D eigenvalue weighted by molar-refractivity contribution is -0.939. The molecule has 1 saturated heterocycles. The fraction of sp³-hybridized carbons (Fsp3) is 0.294. The Balaban J connectivity index is 1.94. The fourth-order valence-corrected chi connectivity index (χ4v) is 4.31. The van der Waals surface area contributed by atoms with E-state index in [-0.39, 0.29) is 11.9 Å². The number of amides is 3. The average molecular weight is 330 g/mol. The number of benzene rings is 1. The molecule has 120 valence electrons. The monoisotopic (exact) mass is 330 g/mol. The lowest BCUT2D eigenvalue weighted by atomic mass is 10.0. The Bertz CT molecular complexity index is 672. The van der Waals surface area contributed by atoms with Crippen molar-refractivity contribution in [3.8, 4) is 0 Å². The highest BCUT2D eigenvalue weighted by atomic mass is 32.1. The first-order valence-electron chi connectivity index (χ1n) is 7.71. The van der Waals surface area contributed by atoms with Crippen LogP contribution in [-0.4, -0.2) is 18.5 Å². The van der Waals surface area contributed by atoms with Crippen molar-refractivity contribution in [2.24, 2.45) is 5.73 Å². The van der Waals surface area contributed by atoms with Crippen molar-refractivity contribution in [2.45, 2.75) is 24.9 Å². The van der Waals surface area contributed by atoms with Gasteiger partial charge in [-0.3, -0.25) is 10.1 Å². The Morgan fingerprint density at radius 2 is 2.00 bits per heavy atom. The third-order valence-corrected chi connectivity index (χ3v) is 5.29. The second-order valence-electron chi connectivity index (χ2n) is 5.73. The van der Waals surface area contributed by atoms with Crippen LogP contribution in [0.3, 0.4) is 0 Å². The van der Waals surface area contributed by atoms with Gasteiger partial charge in [-0.05, 0) is 11.4 Å². The van der Waals surface area contributed by atoms with Crippen LogP contribution in [0.25, 0.3) is 0 Å². The molecule has 0 aliphatic carbocycles. The molecule has 1 aliphatic heterocycles. The number of thiophene rings is 1. The van der Waals surface area contributed by atoms with Crippen LogP contribution in [0.4, 0.5) is 4.79 Å². The van der Waals surface area contributed by atoms with Gasteiger partial charge < -0.3 is 10.6 Å². The van der Waals surface area contributed by atoms with E-state index in [9.17, 15) is 9.59 Å². The van der Waals surface area contributed by atoms with Gasteiger partial charge in [0.05, 0.1) is 11.4 Å². The largest absolute Gasteiger partial charge is 0.351 e. The molecule has 1 aliphatic rings. The molecule has 5 nitrogen and oxygen atoms in total. The van der Waals surface area contributed by atoms with Crippen LogP contribution in [-0.2, 0) is 4.79 Å². The Kier molecular flexibility index (Phi) is 4.73. The van der Waals surface area contributed by atoms with Crippen LogP contribution >= 0.6 is 11.3 Å². The summed E-state index contributed by atoms with van der Waals surface area (Å²) in [5, 5.41) is 4.33. The number of hydrogen-bond donors (Lipinski definition) is 3. The van der Waals surface area contributed by atoms with E-state index in [4.69, 9.17) is 5.73 Å². The zero-order valence-electron chi connectivity index (χ0n) is 12.7. The average Bonchev–Trinajstić information content (AvgIpc) is 3.18. The number of hydrogen-bond acceptors (Lipinski definition) is 3. The number of imide groups is 1. The first-order valence-corrected chi connectivity index (χ1v) is 8.59. The van der Waals surface area contributed by atoms with E-state index in [0.29, 0.717) is 0 Å². The Labute approximate surface area is 139 Å². The molecule has 3 amide bonds. The van der Waals surface area contributed by atoms with Crippen LogP contribution in [0.5, 0.6) is 0 Å². The van der Waals surface area contributed by atoms with Crippen LogP contribution in [0, 0.1) is 0 Å². The smallest absolute Gasteiger partial charge is 0.319 e. The Hall–Kier alpha value is -2.18. The maximum absolute atomic E-state index is 12.6. The van der Waals surface area contributed by atoms with Crippen LogP contribution in [0.15, 0.2) is 47.8 Å².